The van der Waals surface area contributed by atoms with Crippen molar-refractivity contribution in [3.05, 3.63) is 52.4 Å². The predicted molar refractivity (Wildman–Crippen MR) is 111 cm³/mol. The zero-order valence-electron chi connectivity index (χ0n) is 16.2. The fourth-order valence-corrected chi connectivity index (χ4v) is 4.70. The second-order valence-corrected chi connectivity index (χ2v) is 8.74. The van der Waals surface area contributed by atoms with E-state index in [1.807, 2.05) is 0 Å². The molecule has 0 unspecified atom stereocenters. The third kappa shape index (κ3) is 3.60. The molecule has 0 bridgehead atoms. The van der Waals surface area contributed by atoms with Crippen molar-refractivity contribution in [3.63, 3.8) is 0 Å². The number of nitrogens with one attached hydrogen (secondary N) is 2. The summed E-state index contributed by atoms with van der Waals surface area (Å²) in [5.41, 5.74) is 2.67. The van der Waals surface area contributed by atoms with Gasteiger partial charge in [-0.25, -0.2) is 9.37 Å². The maximum atomic E-state index is 13.1. The number of carbonyl (C=O) groups excluding carboxylic acids is 2. The summed E-state index contributed by atoms with van der Waals surface area (Å²) in [5, 5.41) is 10.5. The van der Waals surface area contributed by atoms with Gasteiger partial charge < -0.3 is 10.2 Å². The van der Waals surface area contributed by atoms with E-state index in [9.17, 15) is 14.0 Å². The first-order chi connectivity index (χ1) is 14.6. The lowest BCUT2D eigenvalue weighted by atomic mass is 9.85. The molecule has 2 aliphatic rings. The van der Waals surface area contributed by atoms with Gasteiger partial charge in [-0.1, -0.05) is 17.8 Å². The first-order valence-corrected chi connectivity index (χ1v) is 10.8. The Bertz CT molecular complexity index is 1100. The minimum absolute atomic E-state index is 0.0473. The van der Waals surface area contributed by atoms with Crippen molar-refractivity contribution in [2.45, 2.75) is 32.2 Å². The van der Waals surface area contributed by atoms with E-state index in [0.29, 0.717) is 36.0 Å². The minimum atomic E-state index is -0.317. The van der Waals surface area contributed by atoms with E-state index < -0.39 is 0 Å². The van der Waals surface area contributed by atoms with Gasteiger partial charge in [-0.2, -0.15) is 5.10 Å². The molecule has 154 valence electrons. The first kappa shape index (κ1) is 18.9. The summed E-state index contributed by atoms with van der Waals surface area (Å²) < 4.78 is 13.1. The van der Waals surface area contributed by atoms with Crippen LogP contribution in [-0.2, 0) is 17.8 Å². The quantitative estimate of drug-likeness (QED) is 0.668. The normalized spacial score (nSPS) is 16.1. The lowest BCUT2D eigenvalue weighted by molar-refractivity contribution is -0.122. The SMILES string of the molecule is O=C(Nc1nc2c(s1)CN(C(=O)c1cc(-c3ccc(F)cc3)n[nH]1)CC2)C1CCC1. The molecule has 1 aliphatic carbocycles. The number of anilines is 1. The molecule has 2 aromatic heterocycles. The highest BCUT2D eigenvalue weighted by Crippen LogP contribution is 2.32. The molecule has 1 aliphatic heterocycles. The fraction of sp³-hybridized carbons (Fsp3) is 0.333. The van der Waals surface area contributed by atoms with Gasteiger partial charge in [0.25, 0.3) is 5.91 Å². The second kappa shape index (κ2) is 7.64. The maximum absolute atomic E-state index is 13.1. The smallest absolute Gasteiger partial charge is 0.272 e. The van der Waals surface area contributed by atoms with Crippen LogP contribution in [0.2, 0.25) is 0 Å². The van der Waals surface area contributed by atoms with Gasteiger partial charge in [-0.05, 0) is 43.2 Å². The summed E-state index contributed by atoms with van der Waals surface area (Å²) in [5.74, 6) is -0.303. The van der Waals surface area contributed by atoms with Gasteiger partial charge in [0.05, 0.1) is 17.9 Å². The Morgan fingerprint density at radius 3 is 2.77 bits per heavy atom. The average Bonchev–Trinajstić information content (AvgIpc) is 3.32. The lowest BCUT2D eigenvalue weighted by Crippen LogP contribution is -2.35. The molecule has 1 fully saturated rings. The number of hydrogen-bond acceptors (Lipinski definition) is 5. The highest BCUT2D eigenvalue weighted by atomic mass is 32.1. The number of nitrogens with zero attached hydrogens (tertiary/aromatic N) is 3. The number of aromatic nitrogens is 3. The van der Waals surface area contributed by atoms with Crippen LogP contribution in [-0.4, -0.2) is 38.4 Å². The number of hydrogen-bond donors (Lipinski definition) is 2. The van der Waals surface area contributed by atoms with Crippen LogP contribution in [0.4, 0.5) is 9.52 Å². The van der Waals surface area contributed by atoms with Gasteiger partial charge in [-0.3, -0.25) is 14.7 Å². The van der Waals surface area contributed by atoms with E-state index in [-0.39, 0.29) is 23.5 Å². The molecule has 2 amide bonds. The van der Waals surface area contributed by atoms with Crippen molar-refractivity contribution in [2.75, 3.05) is 11.9 Å². The van der Waals surface area contributed by atoms with Crippen LogP contribution in [0.5, 0.6) is 0 Å². The van der Waals surface area contributed by atoms with E-state index in [2.05, 4.69) is 20.5 Å². The third-order valence-electron chi connectivity index (χ3n) is 5.67. The fourth-order valence-electron chi connectivity index (χ4n) is 3.67. The number of halogens is 1. The summed E-state index contributed by atoms with van der Waals surface area (Å²) in [6.07, 6.45) is 3.66. The van der Waals surface area contributed by atoms with Crippen molar-refractivity contribution in [1.29, 1.82) is 0 Å². The minimum Gasteiger partial charge on any atom is -0.332 e. The lowest BCUT2D eigenvalue weighted by Gasteiger charge is -2.25. The van der Waals surface area contributed by atoms with Crippen LogP contribution < -0.4 is 5.32 Å². The van der Waals surface area contributed by atoms with Crippen LogP contribution in [0.3, 0.4) is 0 Å². The van der Waals surface area contributed by atoms with Gasteiger partial charge in [0.2, 0.25) is 5.91 Å². The molecule has 3 heterocycles. The highest BCUT2D eigenvalue weighted by Gasteiger charge is 2.29. The Balaban J connectivity index is 1.27. The first-order valence-electron chi connectivity index (χ1n) is 9.97. The number of benzene rings is 1. The van der Waals surface area contributed by atoms with Crippen LogP contribution in [0.1, 0.15) is 40.3 Å². The molecule has 3 aromatic rings. The summed E-state index contributed by atoms with van der Waals surface area (Å²) in [4.78, 5) is 32.4. The molecule has 9 heteroatoms. The Hall–Kier alpha value is -3.07. The van der Waals surface area contributed by atoms with Crippen molar-refractivity contribution in [3.8, 4) is 11.3 Å². The monoisotopic (exact) mass is 425 g/mol. The summed E-state index contributed by atoms with van der Waals surface area (Å²) >= 11 is 1.44. The molecule has 0 atom stereocenters. The van der Waals surface area contributed by atoms with Crippen LogP contribution in [0, 0.1) is 11.7 Å². The van der Waals surface area contributed by atoms with Gasteiger partial charge >= 0.3 is 0 Å². The largest absolute Gasteiger partial charge is 0.332 e. The van der Waals surface area contributed by atoms with E-state index >= 15 is 0 Å². The number of H-pyrrole nitrogens is 1. The number of carbonyl (C=O) groups is 2. The molecule has 7 nitrogen and oxygen atoms in total. The average molecular weight is 425 g/mol. The molecular weight excluding hydrogens is 405 g/mol. The van der Waals surface area contributed by atoms with Crippen molar-refractivity contribution >= 4 is 28.3 Å². The van der Waals surface area contributed by atoms with Gasteiger partial charge in [0.15, 0.2) is 5.13 Å². The molecular formula is C21H20FN5O2S. The summed E-state index contributed by atoms with van der Waals surface area (Å²) in [7, 11) is 0. The van der Waals surface area contributed by atoms with E-state index in [1.54, 1.807) is 23.1 Å². The Morgan fingerprint density at radius 1 is 1.23 bits per heavy atom. The third-order valence-corrected chi connectivity index (χ3v) is 6.67. The molecule has 30 heavy (non-hydrogen) atoms. The van der Waals surface area contributed by atoms with Crippen LogP contribution >= 0.6 is 11.3 Å². The highest BCUT2D eigenvalue weighted by molar-refractivity contribution is 7.15. The number of amides is 2. The topological polar surface area (TPSA) is 91.0 Å². The van der Waals surface area contributed by atoms with Gasteiger partial charge in [0, 0.05) is 29.3 Å². The van der Waals surface area contributed by atoms with Crippen LogP contribution in [0.15, 0.2) is 30.3 Å². The maximum Gasteiger partial charge on any atom is 0.272 e. The van der Waals surface area contributed by atoms with Gasteiger partial charge in [-0.15, -0.1) is 0 Å². The Labute approximate surface area is 176 Å². The molecule has 2 N–H and O–H groups in total. The number of thiazole rings is 1. The molecule has 0 radical (unpaired) electrons. The summed E-state index contributed by atoms with van der Waals surface area (Å²) in [6.45, 7) is 1.01. The van der Waals surface area contributed by atoms with E-state index in [1.165, 1.54) is 23.5 Å². The molecule has 5 rings (SSSR count). The number of fused-ring (bicyclic) bond motifs is 1. The van der Waals surface area contributed by atoms with Crippen molar-refractivity contribution in [2.24, 2.45) is 5.92 Å². The predicted octanol–water partition coefficient (Wildman–Crippen LogP) is 3.61. The Morgan fingerprint density at radius 2 is 2.03 bits per heavy atom. The Kier molecular flexibility index (Phi) is 4.82. The molecule has 1 saturated carbocycles. The zero-order chi connectivity index (χ0) is 20.7. The van der Waals surface area contributed by atoms with Crippen molar-refractivity contribution in [1.82, 2.24) is 20.1 Å². The molecule has 0 spiro atoms. The summed E-state index contributed by atoms with van der Waals surface area (Å²) in [6, 6.07) is 7.67. The number of rotatable bonds is 4. The van der Waals surface area contributed by atoms with Gasteiger partial charge in [0.1, 0.15) is 11.5 Å². The standard InChI is InChI=1S/C21H20FN5O2S/c22-14-6-4-12(5-7-14)16-10-17(26-25-16)20(29)27-9-8-15-18(11-27)30-21(23-15)24-19(28)13-2-1-3-13/h4-7,10,13H,1-3,8-9,11H2,(H,25,26)(H,23,24,28). The number of aromatic amines is 1. The van der Waals surface area contributed by atoms with E-state index in [4.69, 9.17) is 0 Å². The second-order valence-electron chi connectivity index (χ2n) is 7.66. The molecule has 0 saturated heterocycles. The van der Waals surface area contributed by atoms with Crippen LogP contribution in [0.25, 0.3) is 11.3 Å². The van der Waals surface area contributed by atoms with Crippen molar-refractivity contribution < 1.29 is 14.0 Å². The zero-order valence-corrected chi connectivity index (χ0v) is 17.0. The molecule has 1 aromatic carbocycles. The van der Waals surface area contributed by atoms with E-state index in [0.717, 1.165) is 35.4 Å².